The van der Waals surface area contributed by atoms with Crippen LogP contribution in [0.4, 0.5) is 0 Å². The van der Waals surface area contributed by atoms with Crippen LogP contribution in [-0.2, 0) is 4.74 Å². The lowest BCUT2D eigenvalue weighted by atomic mass is 10.0. The summed E-state index contributed by atoms with van der Waals surface area (Å²) in [5.74, 6) is 3.48. The zero-order valence-corrected chi connectivity index (χ0v) is 11.5. The fourth-order valence-corrected chi connectivity index (χ4v) is 3.32. The summed E-state index contributed by atoms with van der Waals surface area (Å²) >= 11 is 0. The lowest BCUT2D eigenvalue weighted by Gasteiger charge is -2.06. The van der Waals surface area contributed by atoms with E-state index in [0.29, 0.717) is 18.3 Å². The molecule has 2 saturated carbocycles. The lowest BCUT2D eigenvalue weighted by Crippen LogP contribution is -2.18. The predicted octanol–water partition coefficient (Wildman–Crippen LogP) is 2.40. The zero-order chi connectivity index (χ0) is 13.2. The van der Waals surface area contributed by atoms with E-state index in [0.717, 1.165) is 30.8 Å². The second-order valence-corrected chi connectivity index (χ2v) is 5.81. The molecule has 0 saturated heterocycles. The van der Waals surface area contributed by atoms with Gasteiger partial charge in [0.2, 0.25) is 5.89 Å². The molecule has 19 heavy (non-hydrogen) atoms. The Balaban J connectivity index is 1.57. The highest BCUT2D eigenvalue weighted by molar-refractivity contribution is 5.15. The largest absolute Gasteiger partial charge is 0.379 e. The molecule has 2 N–H and O–H groups in total. The van der Waals surface area contributed by atoms with Gasteiger partial charge in [0.05, 0.1) is 12.6 Å². The van der Waals surface area contributed by atoms with E-state index >= 15 is 0 Å². The van der Waals surface area contributed by atoms with E-state index in [1.807, 2.05) is 0 Å². The smallest absolute Gasteiger partial charge is 0.230 e. The molecule has 1 aromatic rings. The maximum atomic E-state index is 6.01. The van der Waals surface area contributed by atoms with Crippen LogP contribution < -0.4 is 5.73 Å². The Morgan fingerprint density at radius 2 is 2.11 bits per heavy atom. The van der Waals surface area contributed by atoms with E-state index in [4.69, 9.17) is 15.0 Å². The molecule has 0 aromatic carbocycles. The number of hydrogen-bond donors (Lipinski definition) is 1. The van der Waals surface area contributed by atoms with Crippen molar-refractivity contribution in [3.63, 3.8) is 0 Å². The summed E-state index contributed by atoms with van der Waals surface area (Å²) in [4.78, 5) is 4.49. The standard InChI is InChI=1S/C14H23N3O2/c1-2-7-18-8-11(15)13-16-14(19-17-13)12-9-5-3-4-6-10(9)12/h9-12H,2-8,15H2,1H3. The summed E-state index contributed by atoms with van der Waals surface area (Å²) in [5.41, 5.74) is 6.01. The van der Waals surface area contributed by atoms with E-state index in [1.54, 1.807) is 0 Å². The number of aromatic nitrogens is 2. The number of hydrogen-bond acceptors (Lipinski definition) is 5. The Kier molecular flexibility index (Phi) is 3.84. The molecule has 3 unspecified atom stereocenters. The van der Waals surface area contributed by atoms with Crippen LogP contribution in [0, 0.1) is 11.8 Å². The highest BCUT2D eigenvalue weighted by Gasteiger charge is 2.54. The highest BCUT2D eigenvalue weighted by Crippen LogP contribution is 2.60. The number of nitrogens with two attached hydrogens (primary N) is 1. The Bertz CT molecular complexity index is 409. The zero-order valence-electron chi connectivity index (χ0n) is 11.5. The molecule has 0 aliphatic heterocycles. The molecule has 106 valence electrons. The van der Waals surface area contributed by atoms with Crippen LogP contribution in [0.2, 0.25) is 0 Å². The summed E-state index contributed by atoms with van der Waals surface area (Å²) < 4.78 is 10.8. The molecule has 0 spiro atoms. The van der Waals surface area contributed by atoms with Crippen molar-refractivity contribution in [1.29, 1.82) is 0 Å². The lowest BCUT2D eigenvalue weighted by molar-refractivity contribution is 0.119. The Morgan fingerprint density at radius 1 is 1.37 bits per heavy atom. The number of rotatable bonds is 6. The molecule has 0 bridgehead atoms. The molecule has 1 heterocycles. The molecule has 1 aromatic heterocycles. The third-order valence-electron chi connectivity index (χ3n) is 4.38. The van der Waals surface area contributed by atoms with E-state index in [-0.39, 0.29) is 6.04 Å². The molecule has 0 radical (unpaired) electrons. The van der Waals surface area contributed by atoms with Crippen molar-refractivity contribution in [3.8, 4) is 0 Å². The fraction of sp³-hybridized carbons (Fsp3) is 0.857. The van der Waals surface area contributed by atoms with Crippen LogP contribution >= 0.6 is 0 Å². The van der Waals surface area contributed by atoms with Gasteiger partial charge in [0.15, 0.2) is 5.82 Å². The van der Waals surface area contributed by atoms with Gasteiger partial charge in [-0.05, 0) is 31.1 Å². The summed E-state index contributed by atoms with van der Waals surface area (Å²) in [6.45, 7) is 3.27. The minimum atomic E-state index is -0.273. The van der Waals surface area contributed by atoms with Gasteiger partial charge in [-0.1, -0.05) is 24.9 Å². The molecule has 3 rings (SSSR count). The number of nitrogens with zero attached hydrogens (tertiary/aromatic N) is 2. The molecule has 2 aliphatic carbocycles. The highest BCUT2D eigenvalue weighted by atomic mass is 16.5. The molecular formula is C14H23N3O2. The summed E-state index contributed by atoms with van der Waals surface area (Å²) in [7, 11) is 0. The number of ether oxygens (including phenoxy) is 1. The second kappa shape index (κ2) is 5.59. The van der Waals surface area contributed by atoms with Crippen molar-refractivity contribution in [2.24, 2.45) is 17.6 Å². The minimum absolute atomic E-state index is 0.273. The molecule has 0 amide bonds. The average molecular weight is 265 g/mol. The first kappa shape index (κ1) is 13.1. The summed E-state index contributed by atoms with van der Waals surface area (Å²) in [5, 5.41) is 4.02. The quantitative estimate of drug-likeness (QED) is 0.799. The van der Waals surface area contributed by atoms with E-state index in [2.05, 4.69) is 17.1 Å². The third-order valence-corrected chi connectivity index (χ3v) is 4.38. The molecule has 5 nitrogen and oxygen atoms in total. The Morgan fingerprint density at radius 3 is 2.79 bits per heavy atom. The monoisotopic (exact) mass is 265 g/mol. The maximum Gasteiger partial charge on any atom is 0.230 e. The molecular weight excluding hydrogens is 242 g/mol. The maximum absolute atomic E-state index is 6.01. The minimum Gasteiger partial charge on any atom is -0.379 e. The summed E-state index contributed by atoms with van der Waals surface area (Å²) in [6, 6.07) is -0.273. The topological polar surface area (TPSA) is 74.2 Å². The van der Waals surface area contributed by atoms with E-state index in [9.17, 15) is 0 Å². The van der Waals surface area contributed by atoms with Crippen LogP contribution in [0.1, 0.15) is 62.7 Å². The van der Waals surface area contributed by atoms with Crippen LogP contribution in [0.5, 0.6) is 0 Å². The van der Waals surface area contributed by atoms with Crippen LogP contribution in [0.15, 0.2) is 4.52 Å². The van der Waals surface area contributed by atoms with Crippen molar-refractivity contribution < 1.29 is 9.26 Å². The van der Waals surface area contributed by atoms with Crippen molar-refractivity contribution in [2.45, 2.75) is 51.0 Å². The second-order valence-electron chi connectivity index (χ2n) is 5.81. The first-order chi connectivity index (χ1) is 9.31. The van der Waals surface area contributed by atoms with Gasteiger partial charge in [-0.25, -0.2) is 0 Å². The van der Waals surface area contributed by atoms with Gasteiger partial charge in [-0.2, -0.15) is 4.98 Å². The fourth-order valence-electron chi connectivity index (χ4n) is 3.32. The van der Waals surface area contributed by atoms with Crippen molar-refractivity contribution >= 4 is 0 Å². The Hall–Kier alpha value is -0.940. The molecule has 2 fully saturated rings. The Labute approximate surface area is 113 Å². The van der Waals surface area contributed by atoms with E-state index in [1.165, 1.54) is 25.7 Å². The number of fused-ring (bicyclic) bond motifs is 1. The van der Waals surface area contributed by atoms with Gasteiger partial charge >= 0.3 is 0 Å². The van der Waals surface area contributed by atoms with Crippen molar-refractivity contribution in [1.82, 2.24) is 10.1 Å². The predicted molar refractivity (Wildman–Crippen MR) is 70.5 cm³/mol. The van der Waals surface area contributed by atoms with Gasteiger partial charge in [-0.3, -0.25) is 0 Å². The summed E-state index contributed by atoms with van der Waals surface area (Å²) in [6.07, 6.45) is 6.33. The van der Waals surface area contributed by atoms with Gasteiger partial charge in [0, 0.05) is 12.5 Å². The van der Waals surface area contributed by atoms with E-state index < -0.39 is 0 Å². The average Bonchev–Trinajstić information content (AvgIpc) is 2.96. The van der Waals surface area contributed by atoms with Crippen molar-refractivity contribution in [2.75, 3.05) is 13.2 Å². The van der Waals surface area contributed by atoms with Gasteiger partial charge in [0.1, 0.15) is 0 Å². The first-order valence-electron chi connectivity index (χ1n) is 7.48. The molecule has 5 heteroatoms. The van der Waals surface area contributed by atoms with Crippen LogP contribution in [-0.4, -0.2) is 23.4 Å². The molecule has 3 atom stereocenters. The van der Waals surface area contributed by atoms with Crippen molar-refractivity contribution in [3.05, 3.63) is 11.7 Å². The van der Waals surface area contributed by atoms with Gasteiger partial charge in [0.25, 0.3) is 0 Å². The third kappa shape index (κ3) is 2.67. The SMILES string of the molecule is CCCOCC(N)c1noc(C2C3CCCCC32)n1. The van der Waals surface area contributed by atoms with Gasteiger partial charge < -0.3 is 15.0 Å². The first-order valence-corrected chi connectivity index (χ1v) is 7.48. The van der Waals surface area contributed by atoms with Gasteiger partial charge in [-0.15, -0.1) is 0 Å². The molecule has 2 aliphatic rings. The normalized spacial score (nSPS) is 30.9. The van der Waals surface area contributed by atoms with Crippen LogP contribution in [0.3, 0.4) is 0 Å². The van der Waals surface area contributed by atoms with Crippen LogP contribution in [0.25, 0.3) is 0 Å².